The predicted molar refractivity (Wildman–Crippen MR) is 64.5 cm³/mol. The van der Waals surface area contributed by atoms with Crippen LogP contribution in [0.5, 0.6) is 5.75 Å². The summed E-state index contributed by atoms with van der Waals surface area (Å²) in [5.74, 6) is 0.724. The Bertz CT molecular complexity index is 336. The molecule has 3 heteroatoms. The van der Waals surface area contributed by atoms with E-state index in [2.05, 4.69) is 13.8 Å². The molecule has 0 aliphatic heterocycles. The molecule has 0 unspecified atom stereocenters. The smallest absolute Gasteiger partial charge is 0.137 e. The summed E-state index contributed by atoms with van der Waals surface area (Å²) in [6.45, 7) is 4.96. The molecule has 1 aromatic carbocycles. The number of rotatable bonds is 4. The largest absolute Gasteiger partial charge is 0.495 e. The van der Waals surface area contributed by atoms with Gasteiger partial charge >= 0.3 is 0 Å². The highest BCUT2D eigenvalue weighted by molar-refractivity contribution is 6.32. The van der Waals surface area contributed by atoms with Gasteiger partial charge in [0, 0.05) is 0 Å². The van der Waals surface area contributed by atoms with Crippen LogP contribution in [0.25, 0.3) is 0 Å². The van der Waals surface area contributed by atoms with E-state index >= 15 is 0 Å². The topological polar surface area (TPSA) is 35.2 Å². The van der Waals surface area contributed by atoms with E-state index in [1.54, 1.807) is 7.11 Å². The molecular formula is C12H18ClNO. The second kappa shape index (κ2) is 4.86. The molecule has 15 heavy (non-hydrogen) atoms. The third-order valence-corrected chi connectivity index (χ3v) is 2.76. The van der Waals surface area contributed by atoms with Crippen molar-refractivity contribution in [2.45, 2.75) is 20.3 Å². The number of halogens is 1. The highest BCUT2D eigenvalue weighted by Gasteiger charge is 2.16. The lowest BCUT2D eigenvalue weighted by atomic mass is 9.86. The average Bonchev–Trinajstić information content (AvgIpc) is 2.20. The third-order valence-electron chi connectivity index (χ3n) is 2.45. The Labute approximate surface area is 96.4 Å². The lowest BCUT2D eigenvalue weighted by Gasteiger charge is -2.22. The molecule has 0 aromatic heterocycles. The maximum absolute atomic E-state index is 5.95. The van der Waals surface area contributed by atoms with Crippen molar-refractivity contribution in [3.8, 4) is 5.75 Å². The van der Waals surface area contributed by atoms with Gasteiger partial charge in [-0.25, -0.2) is 0 Å². The minimum absolute atomic E-state index is 0.110. The first-order valence-corrected chi connectivity index (χ1v) is 5.39. The lowest BCUT2D eigenvalue weighted by Crippen LogP contribution is -2.25. The zero-order valence-corrected chi connectivity index (χ0v) is 10.3. The second-order valence-electron chi connectivity index (χ2n) is 4.51. The molecule has 0 fully saturated rings. The number of benzene rings is 1. The van der Waals surface area contributed by atoms with Crippen LogP contribution in [0.4, 0.5) is 0 Å². The van der Waals surface area contributed by atoms with Crippen molar-refractivity contribution in [1.82, 2.24) is 0 Å². The van der Waals surface area contributed by atoms with Gasteiger partial charge in [-0.1, -0.05) is 31.5 Å². The molecule has 2 nitrogen and oxygen atoms in total. The van der Waals surface area contributed by atoms with Gasteiger partial charge in [-0.2, -0.15) is 0 Å². The normalized spacial score (nSPS) is 11.5. The third kappa shape index (κ3) is 3.40. The zero-order chi connectivity index (χ0) is 11.5. The van der Waals surface area contributed by atoms with Crippen LogP contribution in [0.15, 0.2) is 18.2 Å². The van der Waals surface area contributed by atoms with Crippen LogP contribution in [0.2, 0.25) is 5.02 Å². The fourth-order valence-electron chi connectivity index (χ4n) is 1.44. The van der Waals surface area contributed by atoms with Gasteiger partial charge < -0.3 is 10.5 Å². The summed E-state index contributed by atoms with van der Waals surface area (Å²) < 4.78 is 5.17. The molecule has 2 N–H and O–H groups in total. The Balaban J connectivity index is 2.87. The van der Waals surface area contributed by atoms with Crippen LogP contribution >= 0.6 is 11.6 Å². The van der Waals surface area contributed by atoms with Gasteiger partial charge in [-0.3, -0.25) is 0 Å². The van der Waals surface area contributed by atoms with Crippen molar-refractivity contribution >= 4 is 11.6 Å². The summed E-state index contributed by atoms with van der Waals surface area (Å²) >= 11 is 5.95. The van der Waals surface area contributed by atoms with Gasteiger partial charge in [0.15, 0.2) is 0 Å². The Hall–Kier alpha value is -0.730. The highest BCUT2D eigenvalue weighted by atomic mass is 35.5. The first kappa shape index (κ1) is 12.3. The number of nitrogens with two attached hydrogens (primary N) is 1. The van der Waals surface area contributed by atoms with Gasteiger partial charge in [0.25, 0.3) is 0 Å². The molecule has 1 rings (SSSR count). The van der Waals surface area contributed by atoms with E-state index < -0.39 is 0 Å². The number of hydrogen-bond acceptors (Lipinski definition) is 2. The second-order valence-corrected chi connectivity index (χ2v) is 4.92. The first-order valence-electron chi connectivity index (χ1n) is 5.01. The Morgan fingerprint density at radius 2 is 2.07 bits per heavy atom. The molecule has 0 spiro atoms. The Morgan fingerprint density at radius 1 is 1.40 bits per heavy atom. The van der Waals surface area contributed by atoms with E-state index in [-0.39, 0.29) is 5.41 Å². The van der Waals surface area contributed by atoms with E-state index in [0.717, 1.165) is 12.2 Å². The van der Waals surface area contributed by atoms with Crippen molar-refractivity contribution in [3.63, 3.8) is 0 Å². The predicted octanol–water partition coefficient (Wildman–Crippen LogP) is 2.88. The van der Waals surface area contributed by atoms with Crippen molar-refractivity contribution in [1.29, 1.82) is 0 Å². The highest BCUT2D eigenvalue weighted by Crippen LogP contribution is 2.28. The van der Waals surface area contributed by atoms with Crippen LogP contribution in [-0.2, 0) is 6.42 Å². The van der Waals surface area contributed by atoms with Crippen molar-refractivity contribution in [3.05, 3.63) is 28.8 Å². The van der Waals surface area contributed by atoms with Crippen molar-refractivity contribution in [2.24, 2.45) is 11.1 Å². The quantitative estimate of drug-likeness (QED) is 0.859. The molecule has 0 heterocycles. The molecule has 0 radical (unpaired) electrons. The van der Waals surface area contributed by atoms with E-state index in [1.165, 1.54) is 5.56 Å². The SMILES string of the molecule is COc1cc(CC(C)(C)CN)ccc1Cl. The van der Waals surface area contributed by atoms with Gasteiger partial charge in [-0.15, -0.1) is 0 Å². The minimum atomic E-state index is 0.110. The minimum Gasteiger partial charge on any atom is -0.495 e. The maximum atomic E-state index is 5.95. The summed E-state index contributed by atoms with van der Waals surface area (Å²) in [7, 11) is 1.62. The number of methoxy groups -OCH3 is 1. The molecule has 0 saturated heterocycles. The van der Waals surface area contributed by atoms with Gasteiger partial charge in [0.05, 0.1) is 12.1 Å². The van der Waals surface area contributed by atoms with Crippen LogP contribution in [0.1, 0.15) is 19.4 Å². The summed E-state index contributed by atoms with van der Waals surface area (Å²) in [6, 6.07) is 5.85. The molecule has 0 bridgehead atoms. The van der Waals surface area contributed by atoms with Gasteiger partial charge in [-0.05, 0) is 36.1 Å². The number of ether oxygens (including phenoxy) is 1. The molecule has 1 aromatic rings. The summed E-state index contributed by atoms with van der Waals surface area (Å²) in [5, 5.41) is 0.645. The lowest BCUT2D eigenvalue weighted by molar-refractivity contribution is 0.374. The van der Waals surface area contributed by atoms with E-state index in [0.29, 0.717) is 11.6 Å². The van der Waals surface area contributed by atoms with Crippen molar-refractivity contribution in [2.75, 3.05) is 13.7 Å². The molecule has 84 valence electrons. The summed E-state index contributed by atoms with van der Waals surface area (Å²) in [4.78, 5) is 0. The molecule has 0 amide bonds. The average molecular weight is 228 g/mol. The van der Waals surface area contributed by atoms with Crippen LogP contribution in [0, 0.1) is 5.41 Å². The van der Waals surface area contributed by atoms with E-state index in [9.17, 15) is 0 Å². The molecule has 0 aliphatic rings. The standard InChI is InChI=1S/C12H18ClNO/c1-12(2,8-14)7-9-4-5-10(13)11(6-9)15-3/h4-6H,7-8,14H2,1-3H3. The fraction of sp³-hybridized carbons (Fsp3) is 0.500. The van der Waals surface area contributed by atoms with Crippen LogP contribution in [0.3, 0.4) is 0 Å². The summed E-state index contributed by atoms with van der Waals surface area (Å²) in [6.07, 6.45) is 0.928. The van der Waals surface area contributed by atoms with Crippen molar-refractivity contribution < 1.29 is 4.74 Å². The van der Waals surface area contributed by atoms with E-state index in [1.807, 2.05) is 18.2 Å². The van der Waals surface area contributed by atoms with E-state index in [4.69, 9.17) is 22.1 Å². The zero-order valence-electron chi connectivity index (χ0n) is 9.51. The van der Waals surface area contributed by atoms with Crippen LogP contribution in [-0.4, -0.2) is 13.7 Å². The Kier molecular flexibility index (Phi) is 4.00. The molecule has 0 atom stereocenters. The monoisotopic (exact) mass is 227 g/mol. The van der Waals surface area contributed by atoms with Gasteiger partial charge in [0.1, 0.15) is 5.75 Å². The maximum Gasteiger partial charge on any atom is 0.137 e. The van der Waals surface area contributed by atoms with Crippen LogP contribution < -0.4 is 10.5 Å². The fourth-order valence-corrected chi connectivity index (χ4v) is 1.63. The molecular weight excluding hydrogens is 210 g/mol. The molecule has 0 saturated carbocycles. The molecule has 0 aliphatic carbocycles. The van der Waals surface area contributed by atoms with Gasteiger partial charge in [0.2, 0.25) is 0 Å². The number of hydrogen-bond donors (Lipinski definition) is 1. The first-order chi connectivity index (χ1) is 6.98. The Morgan fingerprint density at radius 3 is 2.60 bits per heavy atom. The summed E-state index contributed by atoms with van der Waals surface area (Å²) in [5.41, 5.74) is 7.01.